The molecule has 1 fully saturated rings. The lowest BCUT2D eigenvalue weighted by atomic mass is 10.0. The highest BCUT2D eigenvalue weighted by Gasteiger charge is 2.36. The second kappa shape index (κ2) is 5.29. The van der Waals surface area contributed by atoms with Crippen LogP contribution in [0.2, 0.25) is 0 Å². The van der Waals surface area contributed by atoms with Crippen LogP contribution in [-0.4, -0.2) is 38.3 Å². The fourth-order valence-corrected chi connectivity index (χ4v) is 2.77. The summed E-state index contributed by atoms with van der Waals surface area (Å²) in [5, 5.41) is 13.9. The lowest BCUT2D eigenvalue weighted by Crippen LogP contribution is -2.33. The summed E-state index contributed by atoms with van der Waals surface area (Å²) in [4.78, 5) is 14.2. The molecule has 0 aliphatic carbocycles. The molecule has 6 heteroatoms. The highest BCUT2D eigenvalue weighted by Crippen LogP contribution is 2.33. The number of β-amino-alcohol motifs (C(OH)–C–C–N with tert-alkyl or cyclic N) is 1. The van der Waals surface area contributed by atoms with E-state index in [-0.39, 0.29) is 24.3 Å². The van der Waals surface area contributed by atoms with Gasteiger partial charge in [0.1, 0.15) is 11.5 Å². The normalized spacial score (nSPS) is 21.8. The average molecular weight is 289 g/mol. The molecule has 21 heavy (non-hydrogen) atoms. The summed E-state index contributed by atoms with van der Waals surface area (Å²) in [5.74, 6) is -0.498. The monoisotopic (exact) mass is 289 g/mol. The van der Waals surface area contributed by atoms with Gasteiger partial charge in [-0.3, -0.25) is 9.48 Å². The van der Waals surface area contributed by atoms with E-state index in [1.54, 1.807) is 36.3 Å². The first-order valence-corrected chi connectivity index (χ1v) is 6.79. The molecular weight excluding hydrogens is 273 g/mol. The highest BCUT2D eigenvalue weighted by atomic mass is 19.1. The molecule has 110 valence electrons. The molecule has 2 heterocycles. The number of rotatable bonds is 2. The van der Waals surface area contributed by atoms with Crippen LogP contribution in [-0.2, 0) is 7.05 Å². The first kappa shape index (κ1) is 13.8. The van der Waals surface area contributed by atoms with Gasteiger partial charge >= 0.3 is 0 Å². The second-order valence-corrected chi connectivity index (χ2v) is 5.25. The Morgan fingerprint density at radius 3 is 2.67 bits per heavy atom. The SMILES string of the molecule is Cn1nccc1C(=O)N1CC(O)CC1c1ccc(F)cc1. The van der Waals surface area contributed by atoms with Gasteiger partial charge in [0.05, 0.1) is 12.1 Å². The summed E-state index contributed by atoms with van der Waals surface area (Å²) in [6, 6.07) is 7.44. The molecule has 1 aliphatic heterocycles. The van der Waals surface area contributed by atoms with E-state index in [9.17, 15) is 14.3 Å². The van der Waals surface area contributed by atoms with Crippen molar-refractivity contribution in [3.63, 3.8) is 0 Å². The van der Waals surface area contributed by atoms with E-state index in [0.717, 1.165) is 5.56 Å². The lowest BCUT2D eigenvalue weighted by Gasteiger charge is -2.24. The fourth-order valence-electron chi connectivity index (χ4n) is 2.77. The molecule has 1 aromatic heterocycles. The number of aliphatic hydroxyl groups is 1. The molecule has 0 saturated carbocycles. The Bertz CT molecular complexity index is 653. The number of halogens is 1. The van der Waals surface area contributed by atoms with Gasteiger partial charge in [-0.25, -0.2) is 4.39 Å². The van der Waals surface area contributed by atoms with Gasteiger partial charge < -0.3 is 10.0 Å². The number of benzene rings is 1. The first-order chi connectivity index (χ1) is 10.1. The van der Waals surface area contributed by atoms with Gasteiger partial charge in [0, 0.05) is 19.8 Å². The number of carbonyl (C=O) groups is 1. The van der Waals surface area contributed by atoms with E-state index in [2.05, 4.69) is 5.10 Å². The average Bonchev–Trinajstić information content (AvgIpc) is 3.05. The van der Waals surface area contributed by atoms with Crippen LogP contribution in [0, 0.1) is 5.82 Å². The number of nitrogens with zero attached hydrogens (tertiary/aromatic N) is 3. The van der Waals surface area contributed by atoms with Crippen LogP contribution >= 0.6 is 0 Å². The maximum Gasteiger partial charge on any atom is 0.272 e. The van der Waals surface area contributed by atoms with Gasteiger partial charge in [0.15, 0.2) is 0 Å². The number of carbonyl (C=O) groups excluding carboxylic acids is 1. The van der Waals surface area contributed by atoms with E-state index >= 15 is 0 Å². The van der Waals surface area contributed by atoms with Gasteiger partial charge in [-0.1, -0.05) is 12.1 Å². The molecule has 5 nitrogen and oxygen atoms in total. The molecule has 1 N–H and O–H groups in total. The summed E-state index contributed by atoms with van der Waals surface area (Å²) in [6.07, 6.45) is 1.44. The van der Waals surface area contributed by atoms with Crippen molar-refractivity contribution in [2.45, 2.75) is 18.6 Å². The Morgan fingerprint density at radius 1 is 1.33 bits per heavy atom. The van der Waals surface area contributed by atoms with Crippen LogP contribution in [0.25, 0.3) is 0 Å². The van der Waals surface area contributed by atoms with Crippen LogP contribution in [0.15, 0.2) is 36.5 Å². The van der Waals surface area contributed by atoms with Crippen molar-refractivity contribution in [2.75, 3.05) is 6.54 Å². The molecule has 1 aliphatic rings. The molecule has 2 aromatic rings. The molecule has 2 unspecified atom stereocenters. The van der Waals surface area contributed by atoms with Crippen molar-refractivity contribution in [2.24, 2.45) is 7.05 Å². The fraction of sp³-hybridized carbons (Fsp3) is 0.333. The van der Waals surface area contributed by atoms with Crippen molar-refractivity contribution in [1.82, 2.24) is 14.7 Å². The summed E-state index contributed by atoms with van der Waals surface area (Å²) in [6.45, 7) is 0.270. The molecule has 0 radical (unpaired) electrons. The number of aromatic nitrogens is 2. The van der Waals surface area contributed by atoms with E-state index in [1.165, 1.54) is 16.8 Å². The molecule has 1 saturated heterocycles. The number of amides is 1. The smallest absolute Gasteiger partial charge is 0.272 e. The summed E-state index contributed by atoms with van der Waals surface area (Å²) in [5.41, 5.74) is 1.29. The maximum atomic E-state index is 13.0. The number of aliphatic hydroxyl groups excluding tert-OH is 1. The minimum Gasteiger partial charge on any atom is -0.391 e. The zero-order valence-corrected chi connectivity index (χ0v) is 11.6. The van der Waals surface area contributed by atoms with Gasteiger partial charge in [0.25, 0.3) is 5.91 Å². The largest absolute Gasteiger partial charge is 0.391 e. The Kier molecular flexibility index (Phi) is 3.47. The summed E-state index contributed by atoms with van der Waals surface area (Å²) in [7, 11) is 1.70. The number of hydrogen-bond acceptors (Lipinski definition) is 3. The molecule has 0 spiro atoms. The zero-order valence-electron chi connectivity index (χ0n) is 11.6. The standard InChI is InChI=1S/C15H16FN3O2/c1-18-13(6-7-17-18)15(21)19-9-12(20)8-14(19)10-2-4-11(16)5-3-10/h2-7,12,14,20H,8-9H2,1H3. The van der Waals surface area contributed by atoms with Crippen LogP contribution in [0.5, 0.6) is 0 Å². The third-order valence-electron chi connectivity index (χ3n) is 3.83. The Hall–Kier alpha value is -2.21. The third kappa shape index (κ3) is 2.54. The van der Waals surface area contributed by atoms with Crippen LogP contribution in [0.4, 0.5) is 4.39 Å². The van der Waals surface area contributed by atoms with Gasteiger partial charge in [-0.15, -0.1) is 0 Å². The van der Waals surface area contributed by atoms with Crippen LogP contribution < -0.4 is 0 Å². The van der Waals surface area contributed by atoms with E-state index in [0.29, 0.717) is 12.1 Å². The van der Waals surface area contributed by atoms with E-state index in [1.807, 2.05) is 0 Å². The minimum absolute atomic E-state index is 0.180. The quantitative estimate of drug-likeness (QED) is 0.911. The lowest BCUT2D eigenvalue weighted by molar-refractivity contribution is 0.0704. The minimum atomic E-state index is -0.572. The van der Waals surface area contributed by atoms with E-state index < -0.39 is 6.10 Å². The third-order valence-corrected chi connectivity index (χ3v) is 3.83. The molecule has 0 bridgehead atoms. The molecule has 1 aromatic carbocycles. The topological polar surface area (TPSA) is 58.4 Å². The molecular formula is C15H16FN3O2. The zero-order chi connectivity index (χ0) is 15.0. The number of likely N-dealkylation sites (tertiary alicyclic amines) is 1. The Morgan fingerprint density at radius 2 is 2.05 bits per heavy atom. The van der Waals surface area contributed by atoms with Crippen LogP contribution in [0.1, 0.15) is 28.5 Å². The van der Waals surface area contributed by atoms with Crippen molar-refractivity contribution >= 4 is 5.91 Å². The predicted octanol–water partition coefficient (Wildman–Crippen LogP) is 1.51. The number of aryl methyl sites for hydroxylation is 1. The highest BCUT2D eigenvalue weighted by molar-refractivity contribution is 5.93. The second-order valence-electron chi connectivity index (χ2n) is 5.25. The predicted molar refractivity (Wildman–Crippen MR) is 74.0 cm³/mol. The van der Waals surface area contributed by atoms with Crippen LogP contribution in [0.3, 0.4) is 0 Å². The van der Waals surface area contributed by atoms with Crippen molar-refractivity contribution in [3.05, 3.63) is 53.6 Å². The van der Waals surface area contributed by atoms with Crippen molar-refractivity contribution < 1.29 is 14.3 Å². The Balaban J connectivity index is 1.91. The van der Waals surface area contributed by atoms with Gasteiger partial charge in [0.2, 0.25) is 0 Å². The maximum absolute atomic E-state index is 13.0. The number of hydrogen-bond donors (Lipinski definition) is 1. The van der Waals surface area contributed by atoms with Crippen molar-refractivity contribution in [3.8, 4) is 0 Å². The Labute approximate surface area is 121 Å². The van der Waals surface area contributed by atoms with Crippen molar-refractivity contribution in [1.29, 1.82) is 0 Å². The first-order valence-electron chi connectivity index (χ1n) is 6.79. The van der Waals surface area contributed by atoms with Gasteiger partial charge in [-0.05, 0) is 30.2 Å². The molecule has 3 rings (SSSR count). The molecule has 2 atom stereocenters. The summed E-state index contributed by atoms with van der Waals surface area (Å²) >= 11 is 0. The molecule has 1 amide bonds. The summed E-state index contributed by atoms with van der Waals surface area (Å²) < 4.78 is 14.5. The van der Waals surface area contributed by atoms with Gasteiger partial charge in [-0.2, -0.15) is 5.10 Å². The van der Waals surface area contributed by atoms with E-state index in [4.69, 9.17) is 0 Å².